The third kappa shape index (κ3) is 3.17. The number of hydrogen-bond acceptors (Lipinski definition) is 3. The van der Waals surface area contributed by atoms with E-state index in [4.69, 9.17) is 0 Å². The Balaban J connectivity index is 1.78. The first-order valence-electron chi connectivity index (χ1n) is 7.67. The molecule has 1 heterocycles. The maximum Gasteiger partial charge on any atom is 0.189 e. The third-order valence-corrected chi connectivity index (χ3v) is 4.33. The van der Waals surface area contributed by atoms with Crippen molar-refractivity contribution in [2.75, 3.05) is 0 Å². The molecule has 0 aliphatic heterocycles. The smallest absolute Gasteiger partial charge is 0.189 e. The van der Waals surface area contributed by atoms with Gasteiger partial charge in [0.15, 0.2) is 5.43 Å². The average molecular weight is 286 g/mol. The van der Waals surface area contributed by atoms with Gasteiger partial charge in [-0.1, -0.05) is 24.5 Å². The molecule has 1 fully saturated rings. The van der Waals surface area contributed by atoms with Crippen molar-refractivity contribution in [2.24, 2.45) is 0 Å². The minimum absolute atomic E-state index is 0.0495. The van der Waals surface area contributed by atoms with Gasteiger partial charge in [-0.05, 0) is 31.9 Å². The SMILES string of the molecule is Cc1ccc2[nH]c(CN[C@H]3CCCC[C@@H]3O)cc(=O)c2c1. The number of benzene rings is 1. The van der Waals surface area contributed by atoms with Crippen molar-refractivity contribution in [3.05, 3.63) is 45.7 Å². The first-order valence-corrected chi connectivity index (χ1v) is 7.67. The molecule has 3 N–H and O–H groups in total. The maximum atomic E-state index is 12.2. The lowest BCUT2D eigenvalue weighted by Gasteiger charge is -2.28. The predicted molar refractivity (Wildman–Crippen MR) is 84.4 cm³/mol. The summed E-state index contributed by atoms with van der Waals surface area (Å²) >= 11 is 0. The van der Waals surface area contributed by atoms with Gasteiger partial charge in [0.1, 0.15) is 0 Å². The van der Waals surface area contributed by atoms with Crippen LogP contribution in [0.1, 0.15) is 36.9 Å². The Kier molecular flexibility index (Phi) is 4.08. The fourth-order valence-corrected chi connectivity index (χ4v) is 3.10. The van der Waals surface area contributed by atoms with Crippen LogP contribution in [0.25, 0.3) is 10.9 Å². The fourth-order valence-electron chi connectivity index (χ4n) is 3.10. The summed E-state index contributed by atoms with van der Waals surface area (Å²) in [5.41, 5.74) is 2.88. The lowest BCUT2D eigenvalue weighted by atomic mass is 9.92. The number of aliphatic hydroxyl groups excluding tert-OH is 1. The predicted octanol–water partition coefficient (Wildman–Crippen LogP) is 2.23. The number of rotatable bonds is 3. The maximum absolute atomic E-state index is 12.2. The van der Waals surface area contributed by atoms with E-state index < -0.39 is 0 Å². The molecular formula is C17H22N2O2. The number of fused-ring (bicyclic) bond motifs is 1. The largest absolute Gasteiger partial charge is 0.392 e. The molecule has 1 aromatic heterocycles. The highest BCUT2D eigenvalue weighted by molar-refractivity contribution is 5.79. The highest BCUT2D eigenvalue weighted by Gasteiger charge is 2.22. The van der Waals surface area contributed by atoms with E-state index in [9.17, 15) is 9.90 Å². The summed E-state index contributed by atoms with van der Waals surface area (Å²) in [6, 6.07) is 7.65. The van der Waals surface area contributed by atoms with Crippen molar-refractivity contribution >= 4 is 10.9 Å². The number of hydrogen-bond donors (Lipinski definition) is 3. The molecule has 1 aliphatic rings. The van der Waals surface area contributed by atoms with Gasteiger partial charge in [-0.3, -0.25) is 4.79 Å². The molecule has 0 unspecified atom stereocenters. The lowest BCUT2D eigenvalue weighted by molar-refractivity contribution is 0.0901. The van der Waals surface area contributed by atoms with Crippen molar-refractivity contribution < 1.29 is 5.11 Å². The summed E-state index contributed by atoms with van der Waals surface area (Å²) in [5, 5.41) is 14.1. The minimum Gasteiger partial charge on any atom is -0.392 e. The molecule has 0 radical (unpaired) electrons. The Morgan fingerprint density at radius 2 is 2.10 bits per heavy atom. The second-order valence-corrected chi connectivity index (χ2v) is 6.05. The number of aliphatic hydroxyl groups is 1. The van der Waals surface area contributed by atoms with Crippen molar-refractivity contribution in [3.8, 4) is 0 Å². The van der Waals surface area contributed by atoms with Crippen LogP contribution in [0, 0.1) is 6.92 Å². The van der Waals surface area contributed by atoms with Crippen LogP contribution in [0.15, 0.2) is 29.1 Å². The van der Waals surface area contributed by atoms with E-state index in [1.165, 1.54) is 0 Å². The number of aromatic amines is 1. The highest BCUT2D eigenvalue weighted by atomic mass is 16.3. The monoisotopic (exact) mass is 286 g/mol. The molecule has 1 saturated carbocycles. The van der Waals surface area contributed by atoms with Crippen molar-refractivity contribution in [3.63, 3.8) is 0 Å². The van der Waals surface area contributed by atoms with Crippen molar-refractivity contribution in [1.82, 2.24) is 10.3 Å². The molecule has 2 atom stereocenters. The number of aryl methyl sites for hydroxylation is 1. The van der Waals surface area contributed by atoms with Crippen LogP contribution in [-0.2, 0) is 6.54 Å². The van der Waals surface area contributed by atoms with E-state index in [1.807, 2.05) is 25.1 Å². The molecule has 0 amide bonds. The number of pyridine rings is 1. The Labute approximate surface area is 124 Å². The average Bonchev–Trinajstić information content (AvgIpc) is 2.47. The van der Waals surface area contributed by atoms with Crippen LogP contribution in [0.4, 0.5) is 0 Å². The molecular weight excluding hydrogens is 264 g/mol. The molecule has 0 saturated heterocycles. The summed E-state index contributed by atoms with van der Waals surface area (Å²) < 4.78 is 0. The van der Waals surface area contributed by atoms with Gasteiger partial charge in [-0.25, -0.2) is 0 Å². The summed E-state index contributed by atoms with van der Waals surface area (Å²) in [4.78, 5) is 15.5. The third-order valence-electron chi connectivity index (χ3n) is 4.33. The summed E-state index contributed by atoms with van der Waals surface area (Å²) in [6.07, 6.45) is 3.85. The van der Waals surface area contributed by atoms with Gasteiger partial charge in [-0.15, -0.1) is 0 Å². The zero-order valence-electron chi connectivity index (χ0n) is 12.4. The molecule has 0 spiro atoms. The van der Waals surface area contributed by atoms with Crippen LogP contribution in [-0.4, -0.2) is 22.2 Å². The number of nitrogens with one attached hydrogen (secondary N) is 2. The molecule has 112 valence electrons. The molecule has 4 nitrogen and oxygen atoms in total. The molecule has 21 heavy (non-hydrogen) atoms. The van der Waals surface area contributed by atoms with Gasteiger partial charge in [0, 0.05) is 35.2 Å². The zero-order valence-corrected chi connectivity index (χ0v) is 12.4. The number of aromatic nitrogens is 1. The standard InChI is InChI=1S/C17H22N2O2/c1-11-6-7-14-13(8-11)17(21)9-12(19-14)10-18-15-4-2-3-5-16(15)20/h6-9,15-16,18,20H,2-5,10H2,1H3,(H,19,21)/t15-,16-/m0/s1. The van der Waals surface area contributed by atoms with Crippen molar-refractivity contribution in [1.29, 1.82) is 0 Å². The molecule has 1 aromatic carbocycles. The highest BCUT2D eigenvalue weighted by Crippen LogP contribution is 2.18. The Bertz CT molecular complexity index is 693. The van der Waals surface area contributed by atoms with E-state index in [0.717, 1.165) is 47.8 Å². The van der Waals surface area contributed by atoms with Crippen molar-refractivity contribution in [2.45, 2.75) is 51.3 Å². The van der Waals surface area contributed by atoms with Crippen LogP contribution >= 0.6 is 0 Å². The summed E-state index contributed by atoms with van der Waals surface area (Å²) in [5.74, 6) is 0. The molecule has 4 heteroatoms. The number of H-pyrrole nitrogens is 1. The van der Waals surface area contributed by atoms with Gasteiger partial charge < -0.3 is 15.4 Å². The van der Waals surface area contributed by atoms with E-state index in [-0.39, 0.29) is 17.6 Å². The summed E-state index contributed by atoms with van der Waals surface area (Å²) in [7, 11) is 0. The van der Waals surface area contributed by atoms with Crippen LogP contribution in [0.3, 0.4) is 0 Å². The Morgan fingerprint density at radius 3 is 2.90 bits per heavy atom. The van der Waals surface area contributed by atoms with E-state index in [0.29, 0.717) is 6.54 Å². The Morgan fingerprint density at radius 1 is 1.29 bits per heavy atom. The quantitative estimate of drug-likeness (QED) is 0.810. The molecule has 2 aromatic rings. The van der Waals surface area contributed by atoms with E-state index in [1.54, 1.807) is 6.07 Å². The second kappa shape index (κ2) is 6.00. The second-order valence-electron chi connectivity index (χ2n) is 6.05. The van der Waals surface area contributed by atoms with Gasteiger partial charge in [0.25, 0.3) is 0 Å². The van der Waals surface area contributed by atoms with Gasteiger partial charge in [-0.2, -0.15) is 0 Å². The Hall–Kier alpha value is -1.65. The zero-order chi connectivity index (χ0) is 14.8. The first kappa shape index (κ1) is 14.3. The minimum atomic E-state index is -0.270. The van der Waals surface area contributed by atoms with E-state index >= 15 is 0 Å². The van der Waals surface area contributed by atoms with Crippen LogP contribution in [0.2, 0.25) is 0 Å². The lowest BCUT2D eigenvalue weighted by Crippen LogP contribution is -2.41. The topological polar surface area (TPSA) is 65.1 Å². The molecule has 1 aliphatic carbocycles. The van der Waals surface area contributed by atoms with Gasteiger partial charge in [0.2, 0.25) is 0 Å². The van der Waals surface area contributed by atoms with Gasteiger partial charge in [0.05, 0.1) is 6.10 Å². The molecule has 0 bridgehead atoms. The van der Waals surface area contributed by atoms with E-state index in [2.05, 4.69) is 10.3 Å². The van der Waals surface area contributed by atoms with Crippen LogP contribution in [0.5, 0.6) is 0 Å². The fraction of sp³-hybridized carbons (Fsp3) is 0.471. The van der Waals surface area contributed by atoms with Gasteiger partial charge >= 0.3 is 0 Å². The first-order chi connectivity index (χ1) is 10.1. The normalized spacial score (nSPS) is 22.6. The van der Waals surface area contributed by atoms with Crippen LogP contribution < -0.4 is 10.7 Å². The molecule has 3 rings (SSSR count). The summed E-state index contributed by atoms with van der Waals surface area (Å²) in [6.45, 7) is 2.57.